The van der Waals surface area contributed by atoms with Crippen molar-refractivity contribution in [3.8, 4) is 17.2 Å². The Morgan fingerprint density at radius 3 is 2.56 bits per heavy atom. The van der Waals surface area contributed by atoms with E-state index in [1.54, 1.807) is 25.3 Å². The molecule has 0 unspecified atom stereocenters. The van der Waals surface area contributed by atoms with Crippen LogP contribution in [0.25, 0.3) is 5.69 Å². The van der Waals surface area contributed by atoms with E-state index >= 15 is 0 Å². The second-order valence-corrected chi connectivity index (χ2v) is 7.11. The summed E-state index contributed by atoms with van der Waals surface area (Å²) in [7, 11) is 1.62. The first-order chi connectivity index (χ1) is 13.0. The molecule has 1 heterocycles. The Kier molecular flexibility index (Phi) is 6.03. The van der Waals surface area contributed by atoms with Gasteiger partial charge in [0.2, 0.25) is 0 Å². The van der Waals surface area contributed by atoms with Crippen molar-refractivity contribution in [3.63, 3.8) is 0 Å². The van der Waals surface area contributed by atoms with Crippen LogP contribution in [0, 0.1) is 13.8 Å². The van der Waals surface area contributed by atoms with Crippen LogP contribution in [-0.4, -0.2) is 33.6 Å². The van der Waals surface area contributed by atoms with Crippen LogP contribution in [0.5, 0.6) is 11.5 Å². The molecule has 0 saturated carbocycles. The zero-order valence-electron chi connectivity index (χ0n) is 15.1. The quantitative estimate of drug-likeness (QED) is 0.348. The summed E-state index contributed by atoms with van der Waals surface area (Å²) in [6, 6.07) is 12.7. The maximum atomic E-state index is 12.2. The molecule has 0 amide bonds. The normalized spacial score (nSPS) is 10.7. The summed E-state index contributed by atoms with van der Waals surface area (Å²) in [6.45, 7) is 3.70. The summed E-state index contributed by atoms with van der Waals surface area (Å²) >= 11 is 7.19. The van der Waals surface area contributed by atoms with Crippen LogP contribution < -0.4 is 9.47 Å². The molecule has 0 bridgehead atoms. The van der Waals surface area contributed by atoms with Crippen molar-refractivity contribution < 1.29 is 14.3 Å². The third-order valence-corrected chi connectivity index (χ3v) is 4.94. The van der Waals surface area contributed by atoms with E-state index in [0.29, 0.717) is 15.9 Å². The lowest BCUT2D eigenvalue weighted by Crippen LogP contribution is -2.12. The van der Waals surface area contributed by atoms with Crippen molar-refractivity contribution >= 4 is 29.3 Å². The monoisotopic (exact) mass is 403 g/mol. The van der Waals surface area contributed by atoms with E-state index < -0.39 is 0 Å². The number of hydrogen-bond donors (Lipinski definition) is 0. The minimum absolute atomic E-state index is 0.107. The molecule has 3 rings (SSSR count). The van der Waals surface area contributed by atoms with Gasteiger partial charge in [0.05, 0.1) is 12.9 Å². The molecule has 1 aromatic heterocycles. The number of carbonyl (C=O) groups excluding carboxylic acids is 1. The summed E-state index contributed by atoms with van der Waals surface area (Å²) < 4.78 is 12.5. The number of aryl methyl sites for hydroxylation is 2. The molecule has 2 aromatic carbocycles. The Bertz CT molecular complexity index is 957. The van der Waals surface area contributed by atoms with Crippen LogP contribution in [0.4, 0.5) is 0 Å². The summed E-state index contributed by atoms with van der Waals surface area (Å²) in [6.07, 6.45) is 0. The van der Waals surface area contributed by atoms with Crippen LogP contribution >= 0.6 is 23.4 Å². The van der Waals surface area contributed by atoms with Crippen molar-refractivity contribution in [3.05, 3.63) is 58.9 Å². The summed E-state index contributed by atoms with van der Waals surface area (Å²) in [5.41, 5.74) is 1.70. The molecule has 0 atom stereocenters. The highest BCUT2D eigenvalue weighted by atomic mass is 35.5. The van der Waals surface area contributed by atoms with Gasteiger partial charge >= 0.3 is 5.97 Å². The first kappa shape index (κ1) is 19.3. The second-order valence-electron chi connectivity index (χ2n) is 5.74. The molecule has 0 spiro atoms. The highest BCUT2D eigenvalue weighted by molar-refractivity contribution is 7.99. The van der Waals surface area contributed by atoms with Gasteiger partial charge in [-0.15, -0.1) is 10.2 Å². The molecule has 0 aliphatic heterocycles. The van der Waals surface area contributed by atoms with Gasteiger partial charge < -0.3 is 9.47 Å². The van der Waals surface area contributed by atoms with Crippen molar-refractivity contribution in [2.45, 2.75) is 19.0 Å². The van der Waals surface area contributed by atoms with Gasteiger partial charge in [-0.1, -0.05) is 23.4 Å². The smallest absolute Gasteiger partial charge is 0.321 e. The van der Waals surface area contributed by atoms with Crippen LogP contribution in [0.2, 0.25) is 5.02 Å². The van der Waals surface area contributed by atoms with Crippen molar-refractivity contribution in [1.29, 1.82) is 0 Å². The number of thioether (sulfide) groups is 1. The molecule has 0 aliphatic rings. The summed E-state index contributed by atoms with van der Waals surface area (Å²) in [5, 5.41) is 9.49. The zero-order chi connectivity index (χ0) is 19.4. The van der Waals surface area contributed by atoms with Gasteiger partial charge in [-0.05, 0) is 61.9 Å². The first-order valence-corrected chi connectivity index (χ1v) is 9.50. The number of carbonyl (C=O) groups is 1. The lowest BCUT2D eigenvalue weighted by molar-refractivity contribution is -0.131. The van der Waals surface area contributed by atoms with Gasteiger partial charge in [0, 0.05) is 10.7 Å². The SMILES string of the molecule is COc1ccc(-n2c(C)nnc2SCC(=O)Oc2ccc(Cl)cc2C)cc1. The number of benzene rings is 2. The minimum Gasteiger partial charge on any atom is -0.497 e. The first-order valence-electron chi connectivity index (χ1n) is 8.14. The second kappa shape index (κ2) is 8.45. The predicted octanol–water partition coefficient (Wildman–Crippen LogP) is 4.24. The highest BCUT2D eigenvalue weighted by Crippen LogP contribution is 2.25. The molecular weight excluding hydrogens is 386 g/mol. The Balaban J connectivity index is 1.70. The summed E-state index contributed by atoms with van der Waals surface area (Å²) in [4.78, 5) is 12.2. The zero-order valence-corrected chi connectivity index (χ0v) is 16.7. The number of rotatable bonds is 6. The molecule has 0 radical (unpaired) electrons. The van der Waals surface area contributed by atoms with Gasteiger partial charge in [-0.2, -0.15) is 0 Å². The molecule has 140 valence electrons. The molecule has 0 fully saturated rings. The summed E-state index contributed by atoms with van der Waals surface area (Å²) in [5.74, 6) is 1.73. The molecule has 0 aliphatic carbocycles. The van der Waals surface area contributed by atoms with Gasteiger partial charge in [0.25, 0.3) is 0 Å². The van der Waals surface area contributed by atoms with E-state index in [1.807, 2.05) is 42.7 Å². The predicted molar refractivity (Wildman–Crippen MR) is 105 cm³/mol. The fourth-order valence-corrected chi connectivity index (χ4v) is 3.47. The minimum atomic E-state index is -0.368. The van der Waals surface area contributed by atoms with E-state index in [-0.39, 0.29) is 11.7 Å². The van der Waals surface area contributed by atoms with Crippen LogP contribution in [0.15, 0.2) is 47.6 Å². The number of aromatic nitrogens is 3. The van der Waals surface area contributed by atoms with E-state index in [1.165, 1.54) is 11.8 Å². The Hall–Kier alpha value is -2.51. The number of ether oxygens (including phenoxy) is 2. The van der Waals surface area contributed by atoms with Crippen LogP contribution in [0.3, 0.4) is 0 Å². The molecule has 3 aromatic rings. The lowest BCUT2D eigenvalue weighted by atomic mass is 10.2. The average Bonchev–Trinajstić information content (AvgIpc) is 3.03. The molecule has 27 heavy (non-hydrogen) atoms. The van der Waals surface area contributed by atoms with E-state index in [0.717, 1.165) is 22.8 Å². The molecule has 6 nitrogen and oxygen atoms in total. The van der Waals surface area contributed by atoms with Crippen molar-refractivity contribution in [2.24, 2.45) is 0 Å². The number of hydrogen-bond acceptors (Lipinski definition) is 6. The number of halogens is 1. The van der Waals surface area contributed by atoms with E-state index in [4.69, 9.17) is 21.1 Å². The average molecular weight is 404 g/mol. The Morgan fingerprint density at radius 1 is 1.15 bits per heavy atom. The van der Waals surface area contributed by atoms with Gasteiger partial charge in [-0.25, -0.2) is 0 Å². The number of nitrogens with zero attached hydrogens (tertiary/aromatic N) is 3. The third-order valence-electron chi connectivity index (χ3n) is 3.81. The van der Waals surface area contributed by atoms with Crippen LogP contribution in [-0.2, 0) is 4.79 Å². The van der Waals surface area contributed by atoms with Gasteiger partial charge in [0.1, 0.15) is 17.3 Å². The Morgan fingerprint density at radius 2 is 1.89 bits per heavy atom. The molecule has 0 N–H and O–H groups in total. The van der Waals surface area contributed by atoms with Gasteiger partial charge in [0.15, 0.2) is 5.16 Å². The fraction of sp³-hybridized carbons (Fsp3) is 0.211. The standard InChI is InChI=1S/C19H18ClN3O3S/c1-12-10-14(20)4-9-17(12)26-18(24)11-27-19-22-21-13(2)23(19)15-5-7-16(25-3)8-6-15/h4-10H,11H2,1-3H3. The fourth-order valence-electron chi connectivity index (χ4n) is 2.47. The van der Waals surface area contributed by atoms with Crippen molar-refractivity contribution in [2.75, 3.05) is 12.9 Å². The maximum Gasteiger partial charge on any atom is 0.321 e. The Labute approximate surface area is 166 Å². The third kappa shape index (κ3) is 4.61. The molecular formula is C19H18ClN3O3S. The highest BCUT2D eigenvalue weighted by Gasteiger charge is 2.15. The molecule has 8 heteroatoms. The van der Waals surface area contributed by atoms with Gasteiger partial charge in [-0.3, -0.25) is 9.36 Å². The largest absolute Gasteiger partial charge is 0.497 e. The number of methoxy groups -OCH3 is 1. The van der Waals surface area contributed by atoms with E-state index in [2.05, 4.69) is 10.2 Å². The molecule has 0 saturated heterocycles. The topological polar surface area (TPSA) is 66.2 Å². The maximum absolute atomic E-state index is 12.2. The number of esters is 1. The van der Waals surface area contributed by atoms with Crippen LogP contribution in [0.1, 0.15) is 11.4 Å². The lowest BCUT2D eigenvalue weighted by Gasteiger charge is -2.10. The van der Waals surface area contributed by atoms with E-state index in [9.17, 15) is 4.79 Å². The van der Waals surface area contributed by atoms with Crippen molar-refractivity contribution in [1.82, 2.24) is 14.8 Å².